The van der Waals surface area contributed by atoms with Gasteiger partial charge in [-0.25, -0.2) is 4.79 Å². The lowest BCUT2D eigenvalue weighted by Crippen LogP contribution is -2.22. The van der Waals surface area contributed by atoms with Crippen LogP contribution < -0.4 is 10.5 Å². The van der Waals surface area contributed by atoms with Crippen molar-refractivity contribution < 1.29 is 19.0 Å². The lowest BCUT2D eigenvalue weighted by Gasteiger charge is -2.19. The van der Waals surface area contributed by atoms with Crippen LogP contribution in [0.15, 0.2) is 18.2 Å². The number of rotatable bonds is 5. The number of benzene rings is 1. The number of nitrogen functional groups attached to an aromatic ring is 1. The van der Waals surface area contributed by atoms with Gasteiger partial charge in [-0.2, -0.15) is 0 Å². The summed E-state index contributed by atoms with van der Waals surface area (Å²) in [4.78, 5) is 11.8. The van der Waals surface area contributed by atoms with Crippen molar-refractivity contribution in [3.05, 3.63) is 23.8 Å². The van der Waals surface area contributed by atoms with Crippen LogP contribution in [0.4, 0.5) is 5.69 Å². The Bertz CT molecular complexity index is 438. The highest BCUT2D eigenvalue weighted by Crippen LogP contribution is 2.20. The summed E-state index contributed by atoms with van der Waals surface area (Å²) in [5.41, 5.74) is 6.15. The lowest BCUT2D eigenvalue weighted by atomic mass is 10.2. The van der Waals surface area contributed by atoms with Crippen LogP contribution in [0, 0.1) is 0 Å². The zero-order valence-corrected chi connectivity index (χ0v) is 11.9. The van der Waals surface area contributed by atoms with Gasteiger partial charge in [-0.05, 0) is 39.0 Å². The number of anilines is 1. The molecule has 0 bridgehead atoms. The summed E-state index contributed by atoms with van der Waals surface area (Å²) in [5, 5.41) is 0. The van der Waals surface area contributed by atoms with E-state index >= 15 is 0 Å². The highest BCUT2D eigenvalue weighted by Gasteiger charge is 2.14. The van der Waals surface area contributed by atoms with E-state index in [9.17, 15) is 4.79 Å². The summed E-state index contributed by atoms with van der Waals surface area (Å²) in [6.45, 7) is 6.35. The smallest absolute Gasteiger partial charge is 0.340 e. The van der Waals surface area contributed by atoms with Crippen LogP contribution in [-0.2, 0) is 9.47 Å². The van der Waals surface area contributed by atoms with E-state index in [1.54, 1.807) is 18.2 Å². The van der Waals surface area contributed by atoms with E-state index in [0.717, 1.165) is 0 Å². The largest absolute Gasteiger partial charge is 0.497 e. The van der Waals surface area contributed by atoms with E-state index in [1.165, 1.54) is 7.11 Å². The summed E-state index contributed by atoms with van der Waals surface area (Å²) in [6.07, 6.45) is 0. The molecule has 106 valence electrons. The van der Waals surface area contributed by atoms with E-state index in [2.05, 4.69) is 0 Å². The molecule has 0 saturated heterocycles. The van der Waals surface area contributed by atoms with Crippen molar-refractivity contribution in [2.45, 2.75) is 26.4 Å². The average Bonchev–Trinajstić information content (AvgIpc) is 2.34. The van der Waals surface area contributed by atoms with E-state index in [4.69, 9.17) is 19.9 Å². The van der Waals surface area contributed by atoms with E-state index in [0.29, 0.717) is 23.6 Å². The van der Waals surface area contributed by atoms with E-state index < -0.39 is 5.97 Å². The van der Waals surface area contributed by atoms with Gasteiger partial charge in [0.25, 0.3) is 0 Å². The van der Waals surface area contributed by atoms with E-state index in [-0.39, 0.29) is 12.2 Å². The predicted molar refractivity (Wildman–Crippen MR) is 73.4 cm³/mol. The molecule has 1 aromatic carbocycles. The summed E-state index contributed by atoms with van der Waals surface area (Å²) in [6, 6.07) is 4.86. The maximum atomic E-state index is 11.8. The Morgan fingerprint density at radius 3 is 2.53 bits per heavy atom. The van der Waals surface area contributed by atoms with Crippen LogP contribution in [0.5, 0.6) is 5.75 Å². The molecule has 0 atom stereocenters. The molecule has 5 nitrogen and oxygen atoms in total. The molecule has 0 radical (unpaired) electrons. The first-order valence-electron chi connectivity index (χ1n) is 6.08. The monoisotopic (exact) mass is 267 g/mol. The number of hydrogen-bond acceptors (Lipinski definition) is 5. The molecule has 0 fully saturated rings. The van der Waals surface area contributed by atoms with Crippen molar-refractivity contribution in [1.82, 2.24) is 0 Å². The third-order valence-corrected chi connectivity index (χ3v) is 2.33. The van der Waals surface area contributed by atoms with Gasteiger partial charge in [0.15, 0.2) is 0 Å². The zero-order valence-electron chi connectivity index (χ0n) is 11.9. The van der Waals surface area contributed by atoms with Crippen molar-refractivity contribution in [3.63, 3.8) is 0 Å². The summed E-state index contributed by atoms with van der Waals surface area (Å²) in [7, 11) is 1.53. The molecule has 0 aromatic heterocycles. The first kappa shape index (κ1) is 15.3. The van der Waals surface area contributed by atoms with Gasteiger partial charge in [0.05, 0.1) is 24.9 Å². The molecule has 1 rings (SSSR count). The number of ether oxygens (including phenoxy) is 3. The quantitative estimate of drug-likeness (QED) is 0.503. The Balaban J connectivity index is 2.54. The Kier molecular flexibility index (Phi) is 5.18. The zero-order chi connectivity index (χ0) is 14.5. The second-order valence-corrected chi connectivity index (χ2v) is 5.05. The fourth-order valence-corrected chi connectivity index (χ4v) is 1.40. The molecule has 2 N–H and O–H groups in total. The molecule has 19 heavy (non-hydrogen) atoms. The van der Waals surface area contributed by atoms with Crippen LogP contribution in [0.3, 0.4) is 0 Å². The highest BCUT2D eigenvalue weighted by atomic mass is 16.6. The second kappa shape index (κ2) is 6.43. The van der Waals surface area contributed by atoms with Crippen molar-refractivity contribution >= 4 is 11.7 Å². The summed E-state index contributed by atoms with van der Waals surface area (Å²) >= 11 is 0. The molecule has 0 saturated carbocycles. The van der Waals surface area contributed by atoms with Gasteiger partial charge in [0.1, 0.15) is 12.4 Å². The molecule has 0 unspecified atom stereocenters. The van der Waals surface area contributed by atoms with Crippen molar-refractivity contribution in [2.75, 3.05) is 26.1 Å². The molecule has 0 heterocycles. The Morgan fingerprint density at radius 1 is 1.26 bits per heavy atom. The maximum absolute atomic E-state index is 11.8. The molecule has 0 aliphatic rings. The molecule has 5 heteroatoms. The van der Waals surface area contributed by atoms with Crippen molar-refractivity contribution in [1.29, 1.82) is 0 Å². The highest BCUT2D eigenvalue weighted by molar-refractivity contribution is 5.95. The van der Waals surface area contributed by atoms with Crippen molar-refractivity contribution in [2.24, 2.45) is 0 Å². The van der Waals surface area contributed by atoms with Gasteiger partial charge in [-0.3, -0.25) is 0 Å². The maximum Gasteiger partial charge on any atom is 0.340 e. The SMILES string of the molecule is COc1ccc(N)c(C(=O)OCCOC(C)(C)C)c1. The molecule has 0 spiro atoms. The van der Waals surface area contributed by atoms with Crippen LogP contribution in [-0.4, -0.2) is 31.9 Å². The molecule has 0 aliphatic carbocycles. The minimum atomic E-state index is -0.478. The topological polar surface area (TPSA) is 70.8 Å². The van der Waals surface area contributed by atoms with Gasteiger partial charge in [-0.1, -0.05) is 0 Å². The normalized spacial score (nSPS) is 11.2. The standard InChI is InChI=1S/C14H21NO4/c1-14(2,3)19-8-7-18-13(16)11-9-10(17-4)5-6-12(11)15/h5-6,9H,7-8,15H2,1-4H3. The molecular formula is C14H21NO4. The number of esters is 1. The third-order valence-electron chi connectivity index (χ3n) is 2.33. The van der Waals surface area contributed by atoms with Gasteiger partial charge in [0.2, 0.25) is 0 Å². The second-order valence-electron chi connectivity index (χ2n) is 5.05. The summed E-state index contributed by atoms with van der Waals surface area (Å²) < 4.78 is 15.6. The van der Waals surface area contributed by atoms with Crippen molar-refractivity contribution in [3.8, 4) is 5.75 Å². The lowest BCUT2D eigenvalue weighted by molar-refractivity contribution is -0.0281. The number of nitrogens with two attached hydrogens (primary N) is 1. The number of carbonyl (C=O) groups excluding carboxylic acids is 1. The molecule has 0 aliphatic heterocycles. The van der Waals surface area contributed by atoms with Crippen LogP contribution >= 0.6 is 0 Å². The fourth-order valence-electron chi connectivity index (χ4n) is 1.40. The number of methoxy groups -OCH3 is 1. The van der Waals surface area contributed by atoms with E-state index in [1.807, 2.05) is 20.8 Å². The van der Waals surface area contributed by atoms with Gasteiger partial charge < -0.3 is 19.9 Å². The van der Waals surface area contributed by atoms with Crippen LogP contribution in [0.1, 0.15) is 31.1 Å². The fraction of sp³-hybridized carbons (Fsp3) is 0.500. The van der Waals surface area contributed by atoms with Gasteiger partial charge >= 0.3 is 5.97 Å². The number of carbonyl (C=O) groups is 1. The minimum Gasteiger partial charge on any atom is -0.497 e. The Hall–Kier alpha value is -1.75. The third kappa shape index (κ3) is 5.18. The Morgan fingerprint density at radius 2 is 1.95 bits per heavy atom. The van der Waals surface area contributed by atoms with Gasteiger partial charge in [0, 0.05) is 5.69 Å². The summed E-state index contributed by atoms with van der Waals surface area (Å²) in [5.74, 6) is 0.0843. The van der Waals surface area contributed by atoms with Crippen LogP contribution in [0.2, 0.25) is 0 Å². The van der Waals surface area contributed by atoms with Crippen LogP contribution in [0.25, 0.3) is 0 Å². The average molecular weight is 267 g/mol. The van der Waals surface area contributed by atoms with Gasteiger partial charge in [-0.15, -0.1) is 0 Å². The minimum absolute atomic E-state index is 0.187. The molecular weight excluding hydrogens is 246 g/mol. The molecule has 0 amide bonds. The molecule has 1 aromatic rings. The first-order chi connectivity index (χ1) is 8.83. The predicted octanol–water partition coefficient (Wildman–Crippen LogP) is 2.25. The first-order valence-corrected chi connectivity index (χ1v) is 6.08. The number of hydrogen-bond donors (Lipinski definition) is 1. The Labute approximate surface area is 113 Å².